The SMILES string of the molecule is COc1ccc2c(c1)OC(C)(C)C[C@@H]2NC(=O)c1ccc(OC)c(C)c1. The molecule has 0 spiro atoms. The van der Waals surface area contributed by atoms with Gasteiger partial charge in [-0.1, -0.05) is 0 Å². The first-order valence-corrected chi connectivity index (χ1v) is 8.65. The van der Waals surface area contributed by atoms with Crippen LogP contribution in [0.15, 0.2) is 36.4 Å². The Bertz CT molecular complexity index is 829. The fraction of sp³-hybridized carbons (Fsp3) is 0.381. The van der Waals surface area contributed by atoms with E-state index in [2.05, 4.69) is 5.32 Å². The molecule has 1 aliphatic heterocycles. The van der Waals surface area contributed by atoms with Gasteiger partial charge in [0.05, 0.1) is 20.3 Å². The van der Waals surface area contributed by atoms with E-state index in [1.807, 2.05) is 51.1 Å². The van der Waals surface area contributed by atoms with Gasteiger partial charge in [-0.3, -0.25) is 4.79 Å². The van der Waals surface area contributed by atoms with Gasteiger partial charge in [-0.05, 0) is 56.7 Å². The Morgan fingerprint density at radius 2 is 1.92 bits per heavy atom. The predicted octanol–water partition coefficient (Wildman–Crippen LogP) is 4.04. The molecule has 5 heteroatoms. The minimum absolute atomic E-state index is 0.111. The summed E-state index contributed by atoms with van der Waals surface area (Å²) in [5, 5.41) is 3.15. The van der Waals surface area contributed by atoms with Gasteiger partial charge in [0.2, 0.25) is 0 Å². The molecule has 5 nitrogen and oxygen atoms in total. The van der Waals surface area contributed by atoms with Gasteiger partial charge in [0.25, 0.3) is 5.91 Å². The number of hydrogen-bond donors (Lipinski definition) is 1. The molecule has 0 radical (unpaired) electrons. The minimum atomic E-state index is -0.382. The molecule has 1 aliphatic rings. The normalized spacial score (nSPS) is 17.7. The summed E-state index contributed by atoms with van der Waals surface area (Å²) in [4.78, 5) is 12.8. The van der Waals surface area contributed by atoms with Gasteiger partial charge in [-0.25, -0.2) is 0 Å². The summed E-state index contributed by atoms with van der Waals surface area (Å²) in [5.74, 6) is 2.14. The molecule has 138 valence electrons. The predicted molar refractivity (Wildman–Crippen MR) is 100 cm³/mol. The van der Waals surface area contributed by atoms with Gasteiger partial charge in [0.1, 0.15) is 22.8 Å². The maximum atomic E-state index is 12.8. The van der Waals surface area contributed by atoms with E-state index in [0.717, 1.165) is 28.4 Å². The highest BCUT2D eigenvalue weighted by Crippen LogP contribution is 2.41. The van der Waals surface area contributed by atoms with E-state index in [4.69, 9.17) is 14.2 Å². The van der Waals surface area contributed by atoms with Crippen LogP contribution in [0, 0.1) is 6.92 Å². The molecule has 0 aromatic heterocycles. The Hall–Kier alpha value is -2.69. The van der Waals surface area contributed by atoms with Crippen molar-refractivity contribution in [3.63, 3.8) is 0 Å². The number of carbonyl (C=O) groups excluding carboxylic acids is 1. The quantitative estimate of drug-likeness (QED) is 0.899. The summed E-state index contributed by atoms with van der Waals surface area (Å²) in [7, 11) is 3.25. The number of nitrogens with one attached hydrogen (secondary N) is 1. The van der Waals surface area contributed by atoms with Crippen molar-refractivity contribution in [2.75, 3.05) is 14.2 Å². The lowest BCUT2D eigenvalue weighted by atomic mass is 9.89. The Labute approximate surface area is 154 Å². The molecule has 3 rings (SSSR count). The second-order valence-corrected chi connectivity index (χ2v) is 7.18. The second-order valence-electron chi connectivity index (χ2n) is 7.18. The fourth-order valence-corrected chi connectivity index (χ4v) is 3.35. The zero-order chi connectivity index (χ0) is 18.9. The van der Waals surface area contributed by atoms with Gasteiger partial charge >= 0.3 is 0 Å². The maximum absolute atomic E-state index is 12.8. The number of benzene rings is 2. The Morgan fingerprint density at radius 3 is 2.58 bits per heavy atom. The van der Waals surface area contributed by atoms with Crippen LogP contribution < -0.4 is 19.5 Å². The number of hydrogen-bond acceptors (Lipinski definition) is 4. The number of methoxy groups -OCH3 is 2. The van der Waals surface area contributed by atoms with E-state index < -0.39 is 0 Å². The standard InChI is InChI=1S/C21H25NO4/c1-13-10-14(6-9-18(13)25-5)20(23)22-17-12-21(2,3)26-19-11-15(24-4)7-8-16(17)19/h6-11,17H,12H2,1-5H3,(H,22,23)/t17-/m0/s1. The zero-order valence-electron chi connectivity index (χ0n) is 15.9. The first-order valence-electron chi connectivity index (χ1n) is 8.65. The van der Waals surface area contributed by atoms with Gasteiger partial charge < -0.3 is 19.5 Å². The average molecular weight is 355 g/mol. The summed E-state index contributed by atoms with van der Waals surface area (Å²) in [6.07, 6.45) is 0.688. The van der Waals surface area contributed by atoms with Crippen LogP contribution in [0.2, 0.25) is 0 Å². The van der Waals surface area contributed by atoms with Crippen LogP contribution in [0.3, 0.4) is 0 Å². The van der Waals surface area contributed by atoms with Crippen LogP contribution in [0.1, 0.15) is 47.8 Å². The zero-order valence-corrected chi connectivity index (χ0v) is 15.9. The van der Waals surface area contributed by atoms with Gasteiger partial charge in [-0.15, -0.1) is 0 Å². The minimum Gasteiger partial charge on any atom is -0.497 e. The van der Waals surface area contributed by atoms with E-state index >= 15 is 0 Å². The van der Waals surface area contributed by atoms with Crippen molar-refractivity contribution in [3.8, 4) is 17.2 Å². The molecule has 0 bridgehead atoms. The monoisotopic (exact) mass is 355 g/mol. The number of fused-ring (bicyclic) bond motifs is 1. The highest BCUT2D eigenvalue weighted by Gasteiger charge is 2.35. The molecular formula is C21H25NO4. The number of aryl methyl sites for hydroxylation is 1. The smallest absolute Gasteiger partial charge is 0.251 e. The molecule has 0 unspecified atom stereocenters. The van der Waals surface area contributed by atoms with Crippen LogP contribution in [0.5, 0.6) is 17.2 Å². The number of rotatable bonds is 4. The fourth-order valence-electron chi connectivity index (χ4n) is 3.35. The van der Waals surface area contributed by atoms with Crippen molar-refractivity contribution >= 4 is 5.91 Å². The third-order valence-corrected chi connectivity index (χ3v) is 4.64. The van der Waals surface area contributed by atoms with Crippen molar-refractivity contribution in [2.24, 2.45) is 0 Å². The van der Waals surface area contributed by atoms with Crippen molar-refractivity contribution in [2.45, 2.75) is 38.8 Å². The largest absolute Gasteiger partial charge is 0.497 e. The molecule has 2 aromatic rings. The third-order valence-electron chi connectivity index (χ3n) is 4.64. The van der Waals surface area contributed by atoms with Crippen molar-refractivity contribution in [1.29, 1.82) is 0 Å². The molecule has 1 N–H and O–H groups in total. The van der Waals surface area contributed by atoms with E-state index in [1.165, 1.54) is 0 Å². The summed E-state index contributed by atoms with van der Waals surface area (Å²) in [6, 6.07) is 11.0. The molecule has 0 aliphatic carbocycles. The van der Waals surface area contributed by atoms with Crippen molar-refractivity contribution in [1.82, 2.24) is 5.32 Å². The summed E-state index contributed by atoms with van der Waals surface area (Å²) in [5.41, 5.74) is 2.12. The van der Waals surface area contributed by atoms with Crippen molar-refractivity contribution < 1.29 is 19.0 Å². The molecule has 1 heterocycles. The topological polar surface area (TPSA) is 56.8 Å². The highest BCUT2D eigenvalue weighted by molar-refractivity contribution is 5.95. The van der Waals surface area contributed by atoms with E-state index in [-0.39, 0.29) is 17.6 Å². The Kier molecular flexibility index (Phi) is 4.81. The molecule has 0 fully saturated rings. The molecule has 0 saturated heterocycles. The molecule has 1 amide bonds. The summed E-state index contributed by atoms with van der Waals surface area (Å²) in [6.45, 7) is 5.97. The van der Waals surface area contributed by atoms with Gasteiger partial charge in [-0.2, -0.15) is 0 Å². The van der Waals surface area contributed by atoms with E-state index in [0.29, 0.717) is 12.0 Å². The third kappa shape index (κ3) is 3.62. The van der Waals surface area contributed by atoms with Gasteiger partial charge in [0.15, 0.2) is 0 Å². The molecule has 2 aromatic carbocycles. The van der Waals surface area contributed by atoms with Crippen LogP contribution in [-0.4, -0.2) is 25.7 Å². The molecule has 1 atom stereocenters. The van der Waals surface area contributed by atoms with Crippen LogP contribution in [0.25, 0.3) is 0 Å². The van der Waals surface area contributed by atoms with E-state index in [9.17, 15) is 4.79 Å². The number of amides is 1. The number of carbonyl (C=O) groups is 1. The lowest BCUT2D eigenvalue weighted by Gasteiger charge is -2.38. The van der Waals surface area contributed by atoms with Crippen LogP contribution in [0.4, 0.5) is 0 Å². The highest BCUT2D eigenvalue weighted by atomic mass is 16.5. The Balaban J connectivity index is 1.87. The first kappa shape index (κ1) is 18.1. The summed E-state index contributed by atoms with van der Waals surface area (Å²) < 4.78 is 16.6. The lowest BCUT2D eigenvalue weighted by Crippen LogP contribution is -2.41. The van der Waals surface area contributed by atoms with Crippen LogP contribution >= 0.6 is 0 Å². The number of ether oxygens (including phenoxy) is 3. The van der Waals surface area contributed by atoms with Crippen LogP contribution in [-0.2, 0) is 0 Å². The maximum Gasteiger partial charge on any atom is 0.251 e. The van der Waals surface area contributed by atoms with E-state index in [1.54, 1.807) is 20.3 Å². The lowest BCUT2D eigenvalue weighted by molar-refractivity contribution is 0.0617. The second kappa shape index (κ2) is 6.90. The Morgan fingerprint density at radius 1 is 1.15 bits per heavy atom. The first-order chi connectivity index (χ1) is 12.3. The molecule has 0 saturated carbocycles. The molecular weight excluding hydrogens is 330 g/mol. The van der Waals surface area contributed by atoms with Crippen molar-refractivity contribution in [3.05, 3.63) is 53.1 Å². The summed E-state index contributed by atoms with van der Waals surface area (Å²) >= 11 is 0. The molecule has 26 heavy (non-hydrogen) atoms. The average Bonchev–Trinajstić information content (AvgIpc) is 2.60. The van der Waals surface area contributed by atoms with Gasteiger partial charge in [0, 0.05) is 23.6 Å².